The van der Waals surface area contributed by atoms with Crippen LogP contribution in [0.1, 0.15) is 38.5 Å². The molecule has 2 aliphatic heterocycles. The predicted molar refractivity (Wildman–Crippen MR) is 73.6 cm³/mol. The van der Waals surface area contributed by atoms with E-state index in [1.165, 1.54) is 0 Å². The fraction of sp³-hybridized carbons (Fsp3) is 1.00. The van der Waals surface area contributed by atoms with Crippen molar-refractivity contribution >= 4 is 11.8 Å². The van der Waals surface area contributed by atoms with Gasteiger partial charge in [0.2, 0.25) is 0 Å². The van der Waals surface area contributed by atoms with Gasteiger partial charge in [-0.15, -0.1) is 0 Å². The van der Waals surface area contributed by atoms with Gasteiger partial charge >= 0.3 is 0 Å². The van der Waals surface area contributed by atoms with Gasteiger partial charge in [0.05, 0.1) is 5.60 Å². The smallest absolute Gasteiger partial charge is 0.129 e. The molecule has 3 fully saturated rings. The van der Waals surface area contributed by atoms with E-state index in [1.54, 1.807) is 0 Å². The average molecular weight is 273 g/mol. The summed E-state index contributed by atoms with van der Waals surface area (Å²) < 4.78 is 21.2. The van der Waals surface area contributed by atoms with Crippen LogP contribution < -0.4 is 5.73 Å². The molecule has 2 saturated heterocycles. The highest BCUT2D eigenvalue weighted by atomic mass is 32.2. The van der Waals surface area contributed by atoms with Gasteiger partial charge in [0.1, 0.15) is 5.67 Å². The predicted octanol–water partition coefficient (Wildman–Crippen LogP) is 2.76. The molecule has 2 atom stereocenters. The third kappa shape index (κ3) is 2.32. The topological polar surface area (TPSA) is 35.2 Å². The van der Waals surface area contributed by atoms with E-state index < -0.39 is 5.67 Å². The van der Waals surface area contributed by atoms with E-state index in [0.717, 1.165) is 56.6 Å². The molecule has 0 bridgehead atoms. The van der Waals surface area contributed by atoms with Gasteiger partial charge < -0.3 is 10.5 Å². The van der Waals surface area contributed by atoms with E-state index in [9.17, 15) is 0 Å². The van der Waals surface area contributed by atoms with Gasteiger partial charge in [0, 0.05) is 13.2 Å². The third-order valence-corrected chi connectivity index (χ3v) is 6.13. The van der Waals surface area contributed by atoms with Crippen molar-refractivity contribution < 1.29 is 9.13 Å². The molecule has 2 unspecified atom stereocenters. The summed E-state index contributed by atoms with van der Waals surface area (Å²) in [5.41, 5.74) is 4.65. The molecule has 1 aliphatic carbocycles. The van der Waals surface area contributed by atoms with Crippen LogP contribution in [0.25, 0.3) is 0 Å². The molecule has 1 spiro atoms. The van der Waals surface area contributed by atoms with Crippen molar-refractivity contribution in [2.75, 3.05) is 24.7 Å². The Kier molecular flexibility index (Phi) is 3.63. The lowest BCUT2D eigenvalue weighted by Gasteiger charge is -2.47. The van der Waals surface area contributed by atoms with Crippen molar-refractivity contribution in [1.82, 2.24) is 0 Å². The molecular weight excluding hydrogens is 249 g/mol. The summed E-state index contributed by atoms with van der Waals surface area (Å²) in [5, 5.41) is 0. The molecule has 0 aromatic carbocycles. The molecule has 2 N–H and O–H groups in total. The zero-order chi connectivity index (χ0) is 12.6. The molecule has 3 aliphatic rings. The monoisotopic (exact) mass is 273 g/mol. The quantitative estimate of drug-likeness (QED) is 0.859. The van der Waals surface area contributed by atoms with Gasteiger partial charge in [-0.1, -0.05) is 0 Å². The lowest BCUT2D eigenvalue weighted by atomic mass is 9.72. The van der Waals surface area contributed by atoms with E-state index in [0.29, 0.717) is 0 Å². The lowest BCUT2D eigenvalue weighted by molar-refractivity contribution is -0.131. The minimum Gasteiger partial charge on any atom is -0.375 e. The summed E-state index contributed by atoms with van der Waals surface area (Å²) in [5.74, 6) is 2.70. The fourth-order valence-corrected chi connectivity index (χ4v) is 5.00. The van der Waals surface area contributed by atoms with Crippen molar-refractivity contribution in [2.45, 2.75) is 49.8 Å². The highest BCUT2D eigenvalue weighted by Crippen LogP contribution is 2.52. The highest BCUT2D eigenvalue weighted by Gasteiger charge is 2.53. The Morgan fingerprint density at radius 3 is 2.56 bits per heavy atom. The number of hydrogen-bond donors (Lipinski definition) is 1. The summed E-state index contributed by atoms with van der Waals surface area (Å²) in [7, 11) is 0. The lowest BCUT2D eigenvalue weighted by Crippen LogP contribution is -2.52. The largest absolute Gasteiger partial charge is 0.375 e. The first-order valence-corrected chi connectivity index (χ1v) is 8.45. The molecule has 2 heterocycles. The molecule has 2 nitrogen and oxygen atoms in total. The van der Waals surface area contributed by atoms with E-state index in [-0.39, 0.29) is 24.0 Å². The summed E-state index contributed by atoms with van der Waals surface area (Å²) in [6, 6.07) is 0. The number of nitrogens with two attached hydrogens (primary N) is 1. The normalized spacial score (nSPS) is 35.3. The Morgan fingerprint density at radius 2 is 1.94 bits per heavy atom. The second-order valence-corrected chi connectivity index (χ2v) is 7.46. The molecule has 0 radical (unpaired) electrons. The van der Waals surface area contributed by atoms with E-state index in [1.807, 2.05) is 11.8 Å². The van der Waals surface area contributed by atoms with Crippen LogP contribution in [0.15, 0.2) is 0 Å². The van der Waals surface area contributed by atoms with Crippen LogP contribution >= 0.6 is 11.8 Å². The Bertz CT molecular complexity index is 299. The molecule has 4 heteroatoms. The first kappa shape index (κ1) is 13.2. The summed E-state index contributed by atoms with van der Waals surface area (Å²) in [4.78, 5) is 0. The third-order valence-electron chi connectivity index (χ3n) is 5.14. The summed E-state index contributed by atoms with van der Waals surface area (Å²) in [6.45, 7) is 0.931. The molecule has 1 saturated carbocycles. The van der Waals surface area contributed by atoms with Gasteiger partial charge in [0.15, 0.2) is 0 Å². The zero-order valence-electron chi connectivity index (χ0n) is 11.0. The van der Waals surface area contributed by atoms with Gasteiger partial charge in [0.25, 0.3) is 0 Å². The number of alkyl halides is 1. The first-order chi connectivity index (χ1) is 8.69. The summed E-state index contributed by atoms with van der Waals surface area (Å²) in [6.07, 6.45) is 6.03. The van der Waals surface area contributed by atoms with Crippen molar-refractivity contribution in [3.05, 3.63) is 0 Å². The molecule has 0 amide bonds. The summed E-state index contributed by atoms with van der Waals surface area (Å²) >= 11 is 2.00. The Hall–Kier alpha value is 0.200. The second-order valence-electron chi connectivity index (χ2n) is 6.24. The molecule has 104 valence electrons. The molecule has 3 rings (SSSR count). The Balaban J connectivity index is 1.72. The van der Waals surface area contributed by atoms with Crippen molar-refractivity contribution in [2.24, 2.45) is 17.6 Å². The molecule has 18 heavy (non-hydrogen) atoms. The van der Waals surface area contributed by atoms with Crippen LogP contribution in [0, 0.1) is 11.8 Å². The molecule has 0 aromatic heterocycles. The fourth-order valence-electron chi connectivity index (χ4n) is 3.76. The van der Waals surface area contributed by atoms with Gasteiger partial charge in [-0.2, -0.15) is 11.8 Å². The maximum atomic E-state index is 15.1. The maximum Gasteiger partial charge on any atom is 0.129 e. The van der Waals surface area contributed by atoms with Crippen LogP contribution in [0.3, 0.4) is 0 Å². The average Bonchev–Trinajstić information content (AvgIpc) is 3.23. The number of rotatable bonds is 3. The minimum atomic E-state index is -1.11. The van der Waals surface area contributed by atoms with Crippen molar-refractivity contribution in [1.29, 1.82) is 0 Å². The first-order valence-electron chi connectivity index (χ1n) is 7.29. The van der Waals surface area contributed by atoms with Gasteiger partial charge in [-0.25, -0.2) is 4.39 Å². The van der Waals surface area contributed by atoms with Crippen LogP contribution in [-0.4, -0.2) is 35.9 Å². The van der Waals surface area contributed by atoms with Gasteiger partial charge in [-0.3, -0.25) is 0 Å². The van der Waals surface area contributed by atoms with Crippen LogP contribution in [-0.2, 0) is 4.74 Å². The van der Waals surface area contributed by atoms with Crippen molar-refractivity contribution in [3.8, 4) is 0 Å². The number of ether oxygens (including phenoxy) is 1. The molecular formula is C14H24FNOS. The van der Waals surface area contributed by atoms with Crippen LogP contribution in [0.4, 0.5) is 4.39 Å². The SMILES string of the molecule is NCC(F)(C1CC1)C1CCOC2(CCSCC2)C1. The van der Waals surface area contributed by atoms with Crippen molar-refractivity contribution in [3.63, 3.8) is 0 Å². The standard InChI is InChI=1S/C14H24FNOS/c15-14(10-16,11-1-2-11)12-3-6-17-13(9-12)4-7-18-8-5-13/h11-12H,1-10,16H2. The highest BCUT2D eigenvalue weighted by molar-refractivity contribution is 7.99. The Labute approximate surface area is 113 Å². The molecule has 0 aromatic rings. The zero-order valence-corrected chi connectivity index (χ0v) is 11.8. The van der Waals surface area contributed by atoms with Gasteiger partial charge in [-0.05, 0) is 61.9 Å². The Morgan fingerprint density at radius 1 is 1.22 bits per heavy atom. The second kappa shape index (κ2) is 4.95. The minimum absolute atomic E-state index is 0.0183. The van der Waals surface area contributed by atoms with E-state index in [2.05, 4.69) is 0 Å². The number of thioether (sulfide) groups is 1. The number of halogens is 1. The maximum absolute atomic E-state index is 15.1. The van der Waals surface area contributed by atoms with E-state index >= 15 is 4.39 Å². The number of hydrogen-bond acceptors (Lipinski definition) is 3. The van der Waals surface area contributed by atoms with Crippen LogP contribution in [0.5, 0.6) is 0 Å². The van der Waals surface area contributed by atoms with Crippen LogP contribution in [0.2, 0.25) is 0 Å². The van der Waals surface area contributed by atoms with E-state index in [4.69, 9.17) is 10.5 Å².